The van der Waals surface area contributed by atoms with Gasteiger partial charge in [0.2, 0.25) is 0 Å². The van der Waals surface area contributed by atoms with Gasteiger partial charge in [-0.15, -0.1) is 0 Å². The van der Waals surface area contributed by atoms with Crippen molar-refractivity contribution >= 4 is 9.84 Å². The van der Waals surface area contributed by atoms with Gasteiger partial charge in [-0.05, 0) is 56.0 Å². The fourth-order valence-corrected chi connectivity index (χ4v) is 5.19. The Balaban J connectivity index is 2.15. The maximum atomic E-state index is 12.8. The van der Waals surface area contributed by atoms with E-state index in [-0.39, 0.29) is 11.2 Å². The number of hydrogen-bond acceptors (Lipinski definition) is 4. The van der Waals surface area contributed by atoms with Crippen molar-refractivity contribution in [2.24, 2.45) is 5.92 Å². The van der Waals surface area contributed by atoms with E-state index in [4.69, 9.17) is 4.74 Å². The molecule has 3 atom stereocenters. The van der Waals surface area contributed by atoms with E-state index < -0.39 is 9.84 Å². The maximum Gasteiger partial charge on any atom is 0.181 e. The lowest BCUT2D eigenvalue weighted by molar-refractivity contribution is 0.414. The number of sulfone groups is 1. The highest BCUT2D eigenvalue weighted by molar-refractivity contribution is 7.92. The third kappa shape index (κ3) is 3.40. The molecule has 0 heterocycles. The van der Waals surface area contributed by atoms with E-state index in [0.717, 1.165) is 25.8 Å². The summed E-state index contributed by atoms with van der Waals surface area (Å²) in [7, 11) is -1.69. The van der Waals surface area contributed by atoms with Crippen LogP contribution < -0.4 is 10.1 Å². The van der Waals surface area contributed by atoms with Gasteiger partial charge in [0.05, 0.1) is 17.3 Å². The van der Waals surface area contributed by atoms with Crippen LogP contribution in [0.2, 0.25) is 0 Å². The molecule has 0 spiro atoms. The van der Waals surface area contributed by atoms with Gasteiger partial charge in [-0.2, -0.15) is 0 Å². The van der Waals surface area contributed by atoms with Gasteiger partial charge in [-0.25, -0.2) is 8.42 Å². The van der Waals surface area contributed by atoms with Crippen molar-refractivity contribution in [1.82, 2.24) is 5.32 Å². The predicted molar refractivity (Wildman–Crippen MR) is 84.4 cm³/mol. The van der Waals surface area contributed by atoms with Crippen LogP contribution in [0.15, 0.2) is 29.2 Å². The number of ether oxygens (including phenoxy) is 1. The maximum absolute atomic E-state index is 12.8. The Morgan fingerprint density at radius 2 is 1.90 bits per heavy atom. The average Bonchev–Trinajstić information content (AvgIpc) is 2.87. The van der Waals surface area contributed by atoms with Crippen molar-refractivity contribution in [3.63, 3.8) is 0 Å². The van der Waals surface area contributed by atoms with Crippen LogP contribution in [0.5, 0.6) is 5.75 Å². The molecule has 0 saturated heterocycles. The molecule has 1 aliphatic rings. The van der Waals surface area contributed by atoms with Crippen molar-refractivity contribution in [2.75, 3.05) is 13.7 Å². The van der Waals surface area contributed by atoms with Gasteiger partial charge < -0.3 is 10.1 Å². The topological polar surface area (TPSA) is 55.4 Å². The van der Waals surface area contributed by atoms with Gasteiger partial charge in [-0.3, -0.25) is 0 Å². The minimum Gasteiger partial charge on any atom is -0.497 e. The summed E-state index contributed by atoms with van der Waals surface area (Å²) in [5.74, 6) is 0.819. The summed E-state index contributed by atoms with van der Waals surface area (Å²) in [6.45, 7) is 5.12. The molecule has 1 aromatic rings. The molecular formula is C16H25NO3S. The standard InChI is InChI=1S/C16H25NO3S/c1-4-11-17-15-9-10-16(12(15)2)21(18,19)14-7-5-13(20-3)6-8-14/h5-8,12,15-17H,4,9-11H2,1-3H3. The molecule has 3 unspecified atom stereocenters. The fraction of sp³-hybridized carbons (Fsp3) is 0.625. The molecule has 0 radical (unpaired) electrons. The number of nitrogens with one attached hydrogen (secondary N) is 1. The Kier molecular flexibility index (Phi) is 5.27. The van der Waals surface area contributed by atoms with Gasteiger partial charge in [0.25, 0.3) is 0 Å². The van der Waals surface area contributed by atoms with Crippen LogP contribution >= 0.6 is 0 Å². The van der Waals surface area contributed by atoms with Crippen LogP contribution in [0.4, 0.5) is 0 Å². The van der Waals surface area contributed by atoms with E-state index >= 15 is 0 Å². The monoisotopic (exact) mass is 311 g/mol. The molecule has 4 nitrogen and oxygen atoms in total. The normalized spacial score (nSPS) is 26.0. The largest absolute Gasteiger partial charge is 0.497 e. The number of benzene rings is 1. The van der Waals surface area contributed by atoms with E-state index in [9.17, 15) is 8.42 Å². The van der Waals surface area contributed by atoms with E-state index in [1.807, 2.05) is 6.92 Å². The summed E-state index contributed by atoms with van der Waals surface area (Å²) in [6, 6.07) is 7.02. The SMILES string of the molecule is CCCNC1CCC(S(=O)(=O)c2ccc(OC)cc2)C1C. The lowest BCUT2D eigenvalue weighted by Crippen LogP contribution is -2.36. The first-order valence-electron chi connectivity index (χ1n) is 7.62. The van der Waals surface area contributed by atoms with Crippen molar-refractivity contribution in [3.8, 4) is 5.75 Å². The third-order valence-electron chi connectivity index (χ3n) is 4.43. The van der Waals surface area contributed by atoms with Crippen LogP contribution in [0, 0.1) is 5.92 Å². The second-order valence-electron chi connectivity index (χ2n) is 5.76. The zero-order valence-electron chi connectivity index (χ0n) is 13.0. The number of hydrogen-bond donors (Lipinski definition) is 1. The first-order valence-corrected chi connectivity index (χ1v) is 9.16. The quantitative estimate of drug-likeness (QED) is 0.877. The van der Waals surface area contributed by atoms with Crippen LogP contribution in [0.1, 0.15) is 33.1 Å². The van der Waals surface area contributed by atoms with E-state index in [1.54, 1.807) is 31.4 Å². The van der Waals surface area contributed by atoms with E-state index in [1.165, 1.54) is 0 Å². The van der Waals surface area contributed by atoms with Gasteiger partial charge in [-0.1, -0.05) is 13.8 Å². The molecule has 5 heteroatoms. The van der Waals surface area contributed by atoms with Crippen molar-refractivity contribution in [3.05, 3.63) is 24.3 Å². The van der Waals surface area contributed by atoms with Gasteiger partial charge in [0.1, 0.15) is 5.75 Å². The highest BCUT2D eigenvalue weighted by Crippen LogP contribution is 2.35. The van der Waals surface area contributed by atoms with Crippen LogP contribution in [0.3, 0.4) is 0 Å². The Morgan fingerprint density at radius 3 is 2.48 bits per heavy atom. The Hall–Kier alpha value is -1.07. The molecule has 1 fully saturated rings. The smallest absolute Gasteiger partial charge is 0.181 e. The molecule has 2 rings (SSSR count). The molecule has 0 bridgehead atoms. The second kappa shape index (κ2) is 6.79. The summed E-state index contributed by atoms with van der Waals surface area (Å²) in [5.41, 5.74) is 0. The van der Waals surface area contributed by atoms with Crippen molar-refractivity contribution in [1.29, 1.82) is 0 Å². The first-order chi connectivity index (χ1) is 10.0. The summed E-state index contributed by atoms with van der Waals surface area (Å²) >= 11 is 0. The minimum atomic E-state index is -3.27. The second-order valence-corrected chi connectivity index (χ2v) is 7.92. The Morgan fingerprint density at radius 1 is 1.24 bits per heavy atom. The van der Waals surface area contributed by atoms with Gasteiger partial charge >= 0.3 is 0 Å². The van der Waals surface area contributed by atoms with E-state index in [0.29, 0.717) is 16.7 Å². The minimum absolute atomic E-state index is 0.142. The highest BCUT2D eigenvalue weighted by Gasteiger charge is 2.41. The average molecular weight is 311 g/mol. The highest BCUT2D eigenvalue weighted by atomic mass is 32.2. The zero-order chi connectivity index (χ0) is 15.5. The first kappa shape index (κ1) is 16.3. The number of rotatable bonds is 6. The summed E-state index contributed by atoms with van der Waals surface area (Å²) in [4.78, 5) is 0.399. The molecule has 0 amide bonds. The van der Waals surface area contributed by atoms with Crippen LogP contribution in [0.25, 0.3) is 0 Å². The number of methoxy groups -OCH3 is 1. The van der Waals surface area contributed by atoms with Crippen LogP contribution in [-0.4, -0.2) is 33.4 Å². The molecular weight excluding hydrogens is 286 g/mol. The molecule has 1 saturated carbocycles. The molecule has 21 heavy (non-hydrogen) atoms. The molecule has 1 N–H and O–H groups in total. The summed E-state index contributed by atoms with van der Waals surface area (Å²) in [5, 5.41) is 3.18. The molecule has 0 aromatic heterocycles. The van der Waals surface area contributed by atoms with Crippen molar-refractivity contribution < 1.29 is 13.2 Å². The molecule has 1 aromatic carbocycles. The van der Waals surface area contributed by atoms with Gasteiger partial charge in [0.15, 0.2) is 9.84 Å². The summed E-state index contributed by atoms with van der Waals surface area (Å²) in [6.07, 6.45) is 2.73. The third-order valence-corrected chi connectivity index (χ3v) is 6.82. The summed E-state index contributed by atoms with van der Waals surface area (Å²) < 4.78 is 30.7. The van der Waals surface area contributed by atoms with E-state index in [2.05, 4.69) is 12.2 Å². The zero-order valence-corrected chi connectivity index (χ0v) is 13.8. The van der Waals surface area contributed by atoms with Crippen molar-refractivity contribution in [2.45, 2.75) is 49.3 Å². The Bertz CT molecular complexity index is 553. The molecule has 118 valence electrons. The van der Waals surface area contributed by atoms with Crippen LogP contribution in [-0.2, 0) is 9.84 Å². The fourth-order valence-electron chi connectivity index (χ4n) is 3.12. The molecule has 0 aliphatic heterocycles. The lowest BCUT2D eigenvalue weighted by Gasteiger charge is -2.22. The molecule has 1 aliphatic carbocycles. The lowest BCUT2D eigenvalue weighted by atomic mass is 10.1. The van der Waals surface area contributed by atoms with Gasteiger partial charge in [0, 0.05) is 6.04 Å². The Labute approximate surface area is 127 Å². The predicted octanol–water partition coefficient (Wildman–Crippen LogP) is 2.64.